The van der Waals surface area contributed by atoms with E-state index in [0.29, 0.717) is 23.5 Å². The monoisotopic (exact) mass is 610 g/mol. The smallest absolute Gasteiger partial charge is 0.258 e. The Hall–Kier alpha value is -3.27. The Bertz CT molecular complexity index is 1260. The van der Waals surface area contributed by atoms with Crippen molar-refractivity contribution >= 4 is 17.6 Å². The molecule has 1 aliphatic heterocycles. The van der Waals surface area contributed by atoms with E-state index in [4.69, 9.17) is 4.74 Å². The number of anilines is 1. The molecule has 44 heavy (non-hydrogen) atoms. The molecule has 0 unspecified atom stereocenters. The quantitative estimate of drug-likeness (QED) is 0.358. The molecule has 0 radical (unpaired) electrons. The van der Waals surface area contributed by atoms with Crippen LogP contribution in [0.1, 0.15) is 90.9 Å². The number of benzene rings is 1. The van der Waals surface area contributed by atoms with Crippen LogP contribution >= 0.6 is 0 Å². The minimum Gasteiger partial charge on any atom is -0.451 e. The molecular weight excluding hydrogens is 559 g/mol. The largest absolute Gasteiger partial charge is 0.451 e. The van der Waals surface area contributed by atoms with Gasteiger partial charge in [0.1, 0.15) is 17.9 Å². The first kappa shape index (κ1) is 33.6. The van der Waals surface area contributed by atoms with Crippen LogP contribution in [-0.4, -0.2) is 82.4 Å². The fraction of sp³-hybridized carbons (Fsp3) is 0.647. The third-order valence-corrected chi connectivity index (χ3v) is 8.79. The molecule has 242 valence electrons. The summed E-state index contributed by atoms with van der Waals surface area (Å²) in [7, 11) is 0. The van der Waals surface area contributed by atoms with E-state index in [1.807, 2.05) is 48.5 Å². The molecule has 0 spiro atoms. The first-order chi connectivity index (χ1) is 20.8. The maximum atomic E-state index is 14.3. The normalized spacial score (nSPS) is 19.7. The number of halogens is 1. The number of nitrogens with one attached hydrogen (secondary N) is 1. The summed E-state index contributed by atoms with van der Waals surface area (Å²) in [5, 5.41) is 3.24. The maximum absolute atomic E-state index is 14.3. The Morgan fingerprint density at radius 3 is 2.30 bits per heavy atom. The Labute approximate surface area is 262 Å². The molecule has 2 heterocycles. The van der Waals surface area contributed by atoms with E-state index < -0.39 is 5.82 Å². The molecule has 9 nitrogen and oxygen atoms in total. The van der Waals surface area contributed by atoms with Crippen LogP contribution in [-0.2, 0) is 4.79 Å². The van der Waals surface area contributed by atoms with Crippen molar-refractivity contribution in [2.45, 2.75) is 98.7 Å². The van der Waals surface area contributed by atoms with Gasteiger partial charge in [0.25, 0.3) is 5.91 Å². The Morgan fingerprint density at radius 2 is 1.68 bits per heavy atom. The Kier molecular flexibility index (Phi) is 11.2. The number of amides is 2. The molecule has 2 fully saturated rings. The third-order valence-electron chi connectivity index (χ3n) is 8.79. The SMILES string of the molecule is CC(C)N(C(=O)c1cc(F)ccc1Oc1cncnc1N1CCN(CC[C@H]2CC[C@H](NC(=O)C(C)(C)C)CC2)CC1)C(C)C. The zero-order chi connectivity index (χ0) is 32.0. The molecule has 1 N–H and O–H groups in total. The van der Waals surface area contributed by atoms with Crippen molar-refractivity contribution in [2.75, 3.05) is 37.6 Å². The molecular formula is C34H51FN6O3. The van der Waals surface area contributed by atoms with Crippen LogP contribution in [0.3, 0.4) is 0 Å². The van der Waals surface area contributed by atoms with Crippen molar-refractivity contribution in [1.29, 1.82) is 0 Å². The van der Waals surface area contributed by atoms with Gasteiger partial charge in [-0.05, 0) is 90.5 Å². The van der Waals surface area contributed by atoms with Crippen LogP contribution in [0.4, 0.5) is 10.2 Å². The summed E-state index contributed by atoms with van der Waals surface area (Å²) < 4.78 is 20.6. The highest BCUT2D eigenvalue weighted by molar-refractivity contribution is 5.97. The van der Waals surface area contributed by atoms with Crippen LogP contribution in [0.5, 0.6) is 11.5 Å². The predicted molar refractivity (Wildman–Crippen MR) is 172 cm³/mol. The van der Waals surface area contributed by atoms with Crippen molar-refractivity contribution in [3.63, 3.8) is 0 Å². The van der Waals surface area contributed by atoms with E-state index in [2.05, 4.69) is 25.1 Å². The molecule has 2 aromatic rings. The van der Waals surface area contributed by atoms with Gasteiger partial charge in [0.2, 0.25) is 5.91 Å². The first-order valence-electron chi connectivity index (χ1n) is 16.2. The highest BCUT2D eigenvalue weighted by Crippen LogP contribution is 2.34. The summed E-state index contributed by atoms with van der Waals surface area (Å²) in [4.78, 5) is 41.0. The van der Waals surface area contributed by atoms with Crippen molar-refractivity contribution in [3.8, 4) is 11.5 Å². The molecule has 1 aromatic carbocycles. The van der Waals surface area contributed by atoms with Gasteiger partial charge in [-0.1, -0.05) is 20.8 Å². The number of carbonyl (C=O) groups is 2. The molecule has 1 saturated heterocycles. The minimum absolute atomic E-state index is 0.0540. The van der Waals surface area contributed by atoms with E-state index in [9.17, 15) is 14.0 Å². The average Bonchev–Trinajstić information content (AvgIpc) is 2.97. The van der Waals surface area contributed by atoms with Gasteiger partial charge in [-0.15, -0.1) is 0 Å². The molecule has 2 aliphatic rings. The second kappa shape index (κ2) is 14.7. The molecule has 2 amide bonds. The van der Waals surface area contributed by atoms with E-state index in [-0.39, 0.29) is 40.6 Å². The fourth-order valence-corrected chi connectivity index (χ4v) is 6.25. The molecule has 0 atom stereocenters. The zero-order valence-corrected chi connectivity index (χ0v) is 27.6. The average molecular weight is 611 g/mol. The summed E-state index contributed by atoms with van der Waals surface area (Å²) >= 11 is 0. The molecule has 10 heteroatoms. The lowest BCUT2D eigenvalue weighted by atomic mass is 9.83. The van der Waals surface area contributed by atoms with E-state index in [0.717, 1.165) is 58.4 Å². The third kappa shape index (κ3) is 8.67. The van der Waals surface area contributed by atoms with Crippen LogP contribution in [0.15, 0.2) is 30.7 Å². The molecule has 1 aliphatic carbocycles. The lowest BCUT2D eigenvalue weighted by molar-refractivity contribution is -0.129. The fourth-order valence-electron chi connectivity index (χ4n) is 6.25. The molecule has 1 aromatic heterocycles. The van der Waals surface area contributed by atoms with Gasteiger partial charge in [0, 0.05) is 49.7 Å². The number of carbonyl (C=O) groups excluding carboxylic acids is 2. The number of hydrogen-bond donors (Lipinski definition) is 1. The van der Waals surface area contributed by atoms with E-state index >= 15 is 0 Å². The second-order valence-electron chi connectivity index (χ2n) is 13.9. The lowest BCUT2D eigenvalue weighted by Crippen LogP contribution is -2.47. The summed E-state index contributed by atoms with van der Waals surface area (Å²) in [6.07, 6.45) is 8.73. The number of piperazine rings is 1. The van der Waals surface area contributed by atoms with Gasteiger partial charge < -0.3 is 19.9 Å². The van der Waals surface area contributed by atoms with Gasteiger partial charge in [-0.3, -0.25) is 14.5 Å². The number of aromatic nitrogens is 2. The van der Waals surface area contributed by atoms with Crippen LogP contribution < -0.4 is 15.0 Å². The van der Waals surface area contributed by atoms with Crippen molar-refractivity contribution in [3.05, 3.63) is 42.1 Å². The predicted octanol–water partition coefficient (Wildman–Crippen LogP) is 5.90. The van der Waals surface area contributed by atoms with E-state index in [1.165, 1.54) is 30.9 Å². The maximum Gasteiger partial charge on any atom is 0.258 e. The second-order valence-corrected chi connectivity index (χ2v) is 13.9. The molecule has 1 saturated carbocycles. The highest BCUT2D eigenvalue weighted by atomic mass is 19.1. The topological polar surface area (TPSA) is 90.9 Å². The standard InChI is InChI=1S/C34H51FN6O3/c1-23(2)41(24(3)4)32(42)28-20-26(35)10-13-29(28)44-30-21-36-22-37-31(30)40-18-16-39(17-19-40)15-14-25-8-11-27(12-9-25)38-33(43)34(5,6)7/h10,13,20-25,27H,8-9,11-12,14-19H2,1-7H3,(H,38,43)/t25-,27-. The van der Waals surface area contributed by atoms with Gasteiger partial charge in [-0.2, -0.15) is 0 Å². The van der Waals surface area contributed by atoms with Crippen LogP contribution in [0.2, 0.25) is 0 Å². The Morgan fingerprint density at radius 1 is 1.02 bits per heavy atom. The molecule has 0 bridgehead atoms. The van der Waals surface area contributed by atoms with Crippen molar-refractivity contribution < 1.29 is 18.7 Å². The lowest BCUT2D eigenvalue weighted by Gasteiger charge is -2.37. The highest BCUT2D eigenvalue weighted by Gasteiger charge is 2.29. The van der Waals surface area contributed by atoms with Gasteiger partial charge in [-0.25, -0.2) is 14.4 Å². The number of nitrogens with zero attached hydrogens (tertiary/aromatic N) is 5. The first-order valence-corrected chi connectivity index (χ1v) is 16.2. The van der Waals surface area contributed by atoms with Crippen LogP contribution in [0, 0.1) is 17.2 Å². The minimum atomic E-state index is -0.492. The van der Waals surface area contributed by atoms with Crippen molar-refractivity contribution in [1.82, 2.24) is 25.1 Å². The molecule has 4 rings (SSSR count). The summed E-state index contributed by atoms with van der Waals surface area (Å²) in [6, 6.07) is 4.24. The van der Waals surface area contributed by atoms with Gasteiger partial charge in [0.05, 0.1) is 11.8 Å². The summed E-state index contributed by atoms with van der Waals surface area (Å²) in [5.41, 5.74) is -0.165. The van der Waals surface area contributed by atoms with E-state index in [1.54, 1.807) is 11.1 Å². The van der Waals surface area contributed by atoms with Crippen molar-refractivity contribution in [2.24, 2.45) is 11.3 Å². The summed E-state index contributed by atoms with van der Waals surface area (Å²) in [5.74, 6) is 1.47. The number of ether oxygens (including phenoxy) is 1. The number of hydrogen-bond acceptors (Lipinski definition) is 7. The van der Waals surface area contributed by atoms with Crippen LogP contribution in [0.25, 0.3) is 0 Å². The van der Waals surface area contributed by atoms with Gasteiger partial charge >= 0.3 is 0 Å². The Balaban J connectivity index is 1.33. The summed E-state index contributed by atoms with van der Waals surface area (Å²) in [6.45, 7) is 18.2. The van der Waals surface area contributed by atoms with Gasteiger partial charge in [0.15, 0.2) is 11.6 Å². The number of rotatable bonds is 10. The zero-order valence-electron chi connectivity index (χ0n) is 27.6.